The highest BCUT2D eigenvalue weighted by molar-refractivity contribution is 7.82. The van der Waals surface area contributed by atoms with Crippen molar-refractivity contribution in [3.8, 4) is 0 Å². The standard InChI is InChI=1S/C2HN3S2/c6-1-3-2(7)5-4-1/h(H,3,6,7). The summed E-state index contributed by atoms with van der Waals surface area (Å²) in [6.45, 7) is 0. The van der Waals surface area contributed by atoms with Gasteiger partial charge in [-0.05, 0) is 24.4 Å². The van der Waals surface area contributed by atoms with E-state index in [1.54, 1.807) is 0 Å². The smallest absolute Gasteiger partial charge is 0.220 e. The minimum Gasteiger partial charge on any atom is -0.303 e. The van der Waals surface area contributed by atoms with Gasteiger partial charge in [-0.25, -0.2) is 0 Å². The fourth-order valence-corrected chi connectivity index (χ4v) is 0.572. The molecule has 0 atom stereocenters. The maximum atomic E-state index is 4.54. The number of hydrogen-bond acceptors (Lipinski definition) is 2. The first kappa shape index (κ1) is 4.73. The fraction of sp³-hybridized carbons (Fsp3) is 0. The van der Waals surface area contributed by atoms with Crippen LogP contribution in [0.4, 0.5) is 0 Å². The van der Waals surface area contributed by atoms with Crippen LogP contribution >= 0.6 is 24.4 Å². The molecule has 1 aliphatic rings. The third kappa shape index (κ3) is 0.971. The van der Waals surface area contributed by atoms with Crippen molar-refractivity contribution in [3.63, 3.8) is 0 Å². The van der Waals surface area contributed by atoms with Crippen molar-refractivity contribution in [2.24, 2.45) is 10.2 Å². The Hall–Kier alpha value is -0.420. The Balaban J connectivity index is 2.76. The monoisotopic (exact) mass is 131 g/mol. The normalized spacial score (nSPS) is 17.7. The molecule has 0 saturated carbocycles. The van der Waals surface area contributed by atoms with Gasteiger partial charge in [0.1, 0.15) is 0 Å². The largest absolute Gasteiger partial charge is 0.303 e. The molecule has 0 amide bonds. The first-order valence-electron chi connectivity index (χ1n) is 1.56. The number of thiocarbonyl (C=S) groups is 2. The Morgan fingerprint density at radius 2 is 1.57 bits per heavy atom. The molecule has 0 aliphatic carbocycles. The zero-order chi connectivity index (χ0) is 5.28. The summed E-state index contributed by atoms with van der Waals surface area (Å²) in [5.41, 5.74) is 0. The Morgan fingerprint density at radius 1 is 1.14 bits per heavy atom. The molecule has 1 aliphatic heterocycles. The average molecular weight is 131 g/mol. The maximum Gasteiger partial charge on any atom is 0.220 e. The summed E-state index contributed by atoms with van der Waals surface area (Å²) in [7, 11) is 0. The maximum absolute atomic E-state index is 4.54. The molecule has 0 bridgehead atoms. The lowest BCUT2D eigenvalue weighted by Crippen LogP contribution is -2.16. The Labute approximate surface area is 50.8 Å². The number of azo groups is 1. The van der Waals surface area contributed by atoms with Crippen molar-refractivity contribution >= 4 is 34.7 Å². The molecule has 1 rings (SSSR count). The van der Waals surface area contributed by atoms with E-state index in [4.69, 9.17) is 0 Å². The van der Waals surface area contributed by atoms with Crippen LogP contribution in [0.2, 0.25) is 0 Å². The molecule has 36 valence electrons. The van der Waals surface area contributed by atoms with Gasteiger partial charge in [0.05, 0.1) is 0 Å². The number of nitrogens with zero attached hydrogens (tertiary/aromatic N) is 2. The van der Waals surface area contributed by atoms with E-state index in [0.717, 1.165) is 0 Å². The third-order valence-electron chi connectivity index (χ3n) is 0.446. The summed E-state index contributed by atoms with van der Waals surface area (Å²) >= 11 is 9.07. The van der Waals surface area contributed by atoms with E-state index in [0.29, 0.717) is 10.2 Å². The predicted molar refractivity (Wildman–Crippen MR) is 33.2 cm³/mol. The predicted octanol–water partition coefficient (Wildman–Crippen LogP) is 0.612. The molecule has 1 N–H and O–H groups in total. The van der Waals surface area contributed by atoms with Gasteiger partial charge >= 0.3 is 0 Å². The highest BCUT2D eigenvalue weighted by Gasteiger charge is 2.02. The number of nitrogens with one attached hydrogen (secondary N) is 1. The molecule has 0 aromatic carbocycles. The molecule has 0 spiro atoms. The SMILES string of the molecule is S=C1N=NC(=S)N1. The third-order valence-corrected chi connectivity index (χ3v) is 0.813. The number of rotatable bonds is 0. The van der Waals surface area contributed by atoms with Crippen molar-refractivity contribution in [1.82, 2.24) is 5.32 Å². The molecule has 1 heterocycles. The summed E-state index contributed by atoms with van der Waals surface area (Å²) in [5.74, 6) is 0. The Kier molecular flexibility index (Phi) is 1.07. The van der Waals surface area contributed by atoms with Crippen LogP contribution in [0.1, 0.15) is 0 Å². The zero-order valence-electron chi connectivity index (χ0n) is 3.21. The van der Waals surface area contributed by atoms with Crippen LogP contribution in [0.15, 0.2) is 10.2 Å². The number of hydrogen-bond donors (Lipinski definition) is 1. The Morgan fingerprint density at radius 3 is 1.71 bits per heavy atom. The minimum atomic E-state index is 0.352. The molecular weight excluding hydrogens is 130 g/mol. The van der Waals surface area contributed by atoms with Gasteiger partial charge in [0.2, 0.25) is 10.2 Å². The molecule has 0 aromatic rings. The molecule has 0 aromatic heterocycles. The van der Waals surface area contributed by atoms with Crippen LogP contribution in [0.5, 0.6) is 0 Å². The van der Waals surface area contributed by atoms with Gasteiger partial charge in [0.15, 0.2) is 0 Å². The van der Waals surface area contributed by atoms with Crippen molar-refractivity contribution in [2.45, 2.75) is 0 Å². The summed E-state index contributed by atoms with van der Waals surface area (Å²) in [4.78, 5) is 0. The van der Waals surface area contributed by atoms with Crippen LogP contribution in [0.25, 0.3) is 0 Å². The lowest BCUT2D eigenvalue weighted by atomic mass is 11.0. The molecule has 0 fully saturated rings. The van der Waals surface area contributed by atoms with Gasteiger partial charge in [0, 0.05) is 0 Å². The molecule has 0 radical (unpaired) electrons. The van der Waals surface area contributed by atoms with Gasteiger partial charge in [-0.3, -0.25) is 0 Å². The second-order valence-electron chi connectivity index (χ2n) is 0.935. The van der Waals surface area contributed by atoms with E-state index in [1.807, 2.05) is 0 Å². The minimum absolute atomic E-state index is 0.352. The summed E-state index contributed by atoms with van der Waals surface area (Å²) in [6.07, 6.45) is 0. The molecule has 7 heavy (non-hydrogen) atoms. The van der Waals surface area contributed by atoms with Crippen LogP contribution in [-0.2, 0) is 0 Å². The van der Waals surface area contributed by atoms with E-state index in [1.165, 1.54) is 0 Å². The summed E-state index contributed by atoms with van der Waals surface area (Å²) < 4.78 is 0. The molecule has 0 unspecified atom stereocenters. The second kappa shape index (κ2) is 1.59. The van der Waals surface area contributed by atoms with E-state index in [2.05, 4.69) is 40.0 Å². The molecule has 5 heteroatoms. The first-order chi connectivity index (χ1) is 3.29. The second-order valence-corrected chi connectivity index (χ2v) is 1.71. The summed E-state index contributed by atoms with van der Waals surface area (Å²) in [5, 5.41) is 10.1. The van der Waals surface area contributed by atoms with Gasteiger partial charge in [0.25, 0.3) is 0 Å². The van der Waals surface area contributed by atoms with E-state index < -0.39 is 0 Å². The fourth-order valence-electron chi connectivity index (χ4n) is 0.232. The summed E-state index contributed by atoms with van der Waals surface area (Å²) in [6, 6.07) is 0. The van der Waals surface area contributed by atoms with Crippen molar-refractivity contribution in [3.05, 3.63) is 0 Å². The van der Waals surface area contributed by atoms with Crippen LogP contribution < -0.4 is 5.32 Å². The van der Waals surface area contributed by atoms with E-state index in [9.17, 15) is 0 Å². The van der Waals surface area contributed by atoms with Crippen molar-refractivity contribution < 1.29 is 0 Å². The average Bonchev–Trinajstić information content (AvgIpc) is 1.87. The van der Waals surface area contributed by atoms with Crippen molar-refractivity contribution in [1.29, 1.82) is 0 Å². The van der Waals surface area contributed by atoms with Crippen LogP contribution in [0.3, 0.4) is 0 Å². The first-order valence-corrected chi connectivity index (χ1v) is 2.37. The quantitative estimate of drug-likeness (QED) is 0.489. The van der Waals surface area contributed by atoms with Gasteiger partial charge in [-0.1, -0.05) is 0 Å². The van der Waals surface area contributed by atoms with Crippen LogP contribution in [-0.4, -0.2) is 10.2 Å². The van der Waals surface area contributed by atoms with Gasteiger partial charge in [-0.15, -0.1) is 10.2 Å². The van der Waals surface area contributed by atoms with Crippen LogP contribution in [0, 0.1) is 0 Å². The highest BCUT2D eigenvalue weighted by Crippen LogP contribution is 1.90. The van der Waals surface area contributed by atoms with Gasteiger partial charge < -0.3 is 5.32 Å². The lowest BCUT2D eigenvalue weighted by Gasteiger charge is -1.81. The van der Waals surface area contributed by atoms with Crippen molar-refractivity contribution in [2.75, 3.05) is 0 Å². The van der Waals surface area contributed by atoms with E-state index in [-0.39, 0.29) is 0 Å². The molecular formula is C2HN3S2. The Bertz CT molecular complexity index is 133. The van der Waals surface area contributed by atoms with E-state index >= 15 is 0 Å². The topological polar surface area (TPSA) is 36.8 Å². The molecule has 0 saturated heterocycles. The zero-order valence-corrected chi connectivity index (χ0v) is 4.84. The van der Waals surface area contributed by atoms with Gasteiger partial charge in [-0.2, -0.15) is 0 Å². The molecule has 3 nitrogen and oxygen atoms in total. The lowest BCUT2D eigenvalue weighted by molar-refractivity contribution is 1.43. The highest BCUT2D eigenvalue weighted by atomic mass is 32.1.